The third-order valence-corrected chi connectivity index (χ3v) is 4.61. The number of hydrogen-bond donors (Lipinski definition) is 1. The molecule has 2 heterocycles. The number of rotatable bonds is 4. The van der Waals surface area contributed by atoms with Gasteiger partial charge in [-0.1, -0.05) is 30.3 Å². The van der Waals surface area contributed by atoms with Gasteiger partial charge in [0.1, 0.15) is 11.4 Å². The molecule has 25 heavy (non-hydrogen) atoms. The highest BCUT2D eigenvalue weighted by molar-refractivity contribution is 5.92. The summed E-state index contributed by atoms with van der Waals surface area (Å²) in [7, 11) is 1.87. The van der Waals surface area contributed by atoms with Crippen molar-refractivity contribution in [2.45, 2.75) is 13.0 Å². The molecule has 3 aromatic rings. The normalized spacial score (nSPS) is 12.5. The van der Waals surface area contributed by atoms with Crippen molar-refractivity contribution in [2.75, 3.05) is 6.61 Å². The Morgan fingerprint density at radius 3 is 2.68 bits per heavy atom. The monoisotopic (exact) mass is 332 g/mol. The molecule has 4 nitrogen and oxygen atoms in total. The quantitative estimate of drug-likeness (QED) is 0.794. The maximum absolute atomic E-state index is 12.2. The first-order valence-corrected chi connectivity index (χ1v) is 8.45. The van der Waals surface area contributed by atoms with Gasteiger partial charge in [-0.05, 0) is 46.5 Å². The molecule has 4 heteroatoms. The zero-order valence-corrected chi connectivity index (χ0v) is 14.2. The number of aryl methyl sites for hydroxylation is 1. The molecule has 1 aromatic heterocycles. The summed E-state index contributed by atoms with van der Waals surface area (Å²) < 4.78 is 7.38. The van der Waals surface area contributed by atoms with Crippen molar-refractivity contribution in [3.05, 3.63) is 77.6 Å². The molecular formula is C21H20N2O2. The fourth-order valence-corrected chi connectivity index (χ4v) is 3.15. The Morgan fingerprint density at radius 2 is 1.92 bits per heavy atom. The van der Waals surface area contributed by atoms with E-state index in [1.54, 1.807) is 0 Å². The van der Waals surface area contributed by atoms with Gasteiger partial charge in [0.15, 0.2) is 0 Å². The molecule has 0 atom stereocenters. The number of nitrogens with zero attached hydrogens (tertiary/aromatic N) is 1. The number of hydrogen-bond acceptors (Lipinski definition) is 2. The molecular weight excluding hydrogens is 312 g/mol. The van der Waals surface area contributed by atoms with Gasteiger partial charge in [-0.2, -0.15) is 0 Å². The molecule has 2 aromatic carbocycles. The molecule has 1 aliphatic rings. The van der Waals surface area contributed by atoms with E-state index >= 15 is 0 Å². The Hall–Kier alpha value is -3.01. The first-order valence-electron chi connectivity index (χ1n) is 8.45. The third-order valence-electron chi connectivity index (χ3n) is 4.61. The van der Waals surface area contributed by atoms with Crippen molar-refractivity contribution in [3.8, 4) is 16.9 Å². The first-order chi connectivity index (χ1) is 12.2. The second-order valence-electron chi connectivity index (χ2n) is 6.30. The van der Waals surface area contributed by atoms with E-state index in [1.807, 2.05) is 36.0 Å². The van der Waals surface area contributed by atoms with Gasteiger partial charge in [0.25, 0.3) is 5.91 Å². The highest BCUT2D eigenvalue weighted by atomic mass is 16.5. The molecule has 0 bridgehead atoms. The van der Waals surface area contributed by atoms with Crippen molar-refractivity contribution in [2.24, 2.45) is 7.05 Å². The zero-order valence-electron chi connectivity index (χ0n) is 14.2. The van der Waals surface area contributed by atoms with E-state index in [4.69, 9.17) is 4.74 Å². The lowest BCUT2D eigenvalue weighted by Crippen LogP contribution is -2.24. The van der Waals surface area contributed by atoms with E-state index in [0.717, 1.165) is 24.3 Å². The van der Waals surface area contributed by atoms with Gasteiger partial charge < -0.3 is 14.6 Å². The second kappa shape index (κ2) is 6.48. The van der Waals surface area contributed by atoms with Crippen LogP contribution in [0.15, 0.2) is 60.8 Å². The van der Waals surface area contributed by atoms with Gasteiger partial charge in [0.05, 0.1) is 6.61 Å². The fourth-order valence-electron chi connectivity index (χ4n) is 3.15. The molecule has 0 unspecified atom stereocenters. The van der Waals surface area contributed by atoms with Crippen LogP contribution in [0.4, 0.5) is 0 Å². The zero-order chi connectivity index (χ0) is 17.2. The second-order valence-corrected chi connectivity index (χ2v) is 6.30. The van der Waals surface area contributed by atoms with Crippen LogP contribution < -0.4 is 10.1 Å². The van der Waals surface area contributed by atoms with E-state index in [-0.39, 0.29) is 5.91 Å². The average molecular weight is 332 g/mol. The fraction of sp³-hybridized carbons (Fsp3) is 0.190. The molecule has 126 valence electrons. The summed E-state index contributed by atoms with van der Waals surface area (Å²) in [5.41, 5.74) is 5.39. The number of carbonyl (C=O) groups excluding carboxylic acids is 1. The SMILES string of the molecule is Cn1cccc1C(=O)NCc1ccc(-c2ccc3c(c2)CCO3)cc1. The van der Waals surface area contributed by atoms with Crippen LogP contribution in [0.25, 0.3) is 11.1 Å². The van der Waals surface area contributed by atoms with Crippen molar-refractivity contribution in [3.63, 3.8) is 0 Å². The van der Waals surface area contributed by atoms with Crippen LogP contribution in [0.2, 0.25) is 0 Å². The molecule has 0 saturated carbocycles. The minimum atomic E-state index is -0.0600. The number of ether oxygens (including phenoxy) is 1. The van der Waals surface area contributed by atoms with Crippen molar-refractivity contribution in [1.29, 1.82) is 0 Å². The lowest BCUT2D eigenvalue weighted by molar-refractivity contribution is 0.0943. The summed E-state index contributed by atoms with van der Waals surface area (Å²) >= 11 is 0. The molecule has 0 aliphatic carbocycles. The molecule has 0 spiro atoms. The third kappa shape index (κ3) is 3.15. The summed E-state index contributed by atoms with van der Waals surface area (Å²) in [6, 6.07) is 18.3. The lowest BCUT2D eigenvalue weighted by Gasteiger charge is -2.08. The lowest BCUT2D eigenvalue weighted by atomic mass is 10.0. The maximum Gasteiger partial charge on any atom is 0.268 e. The number of amides is 1. The van der Waals surface area contributed by atoms with Gasteiger partial charge in [-0.3, -0.25) is 4.79 Å². The van der Waals surface area contributed by atoms with E-state index in [2.05, 4.69) is 41.7 Å². The predicted octanol–water partition coefficient (Wildman–Crippen LogP) is 3.56. The van der Waals surface area contributed by atoms with Crippen molar-refractivity contribution in [1.82, 2.24) is 9.88 Å². The van der Waals surface area contributed by atoms with Gasteiger partial charge >= 0.3 is 0 Å². The van der Waals surface area contributed by atoms with Gasteiger partial charge in [0.2, 0.25) is 0 Å². The van der Waals surface area contributed by atoms with Crippen LogP contribution in [-0.2, 0) is 20.0 Å². The summed E-state index contributed by atoms with van der Waals surface area (Å²) in [5.74, 6) is 0.943. The van der Waals surface area contributed by atoms with Crippen LogP contribution >= 0.6 is 0 Å². The molecule has 0 saturated heterocycles. The van der Waals surface area contributed by atoms with E-state index < -0.39 is 0 Å². The highest BCUT2D eigenvalue weighted by Crippen LogP contribution is 2.30. The molecule has 0 fully saturated rings. The number of fused-ring (bicyclic) bond motifs is 1. The van der Waals surface area contributed by atoms with E-state index in [0.29, 0.717) is 12.2 Å². The minimum Gasteiger partial charge on any atom is -0.493 e. The Morgan fingerprint density at radius 1 is 1.12 bits per heavy atom. The molecule has 1 amide bonds. The number of carbonyl (C=O) groups is 1. The predicted molar refractivity (Wildman–Crippen MR) is 97.7 cm³/mol. The van der Waals surface area contributed by atoms with Crippen molar-refractivity contribution >= 4 is 5.91 Å². The number of aromatic nitrogens is 1. The smallest absolute Gasteiger partial charge is 0.268 e. The Labute approximate surface area is 147 Å². The first kappa shape index (κ1) is 15.5. The van der Waals surface area contributed by atoms with E-state index in [9.17, 15) is 4.79 Å². The van der Waals surface area contributed by atoms with Crippen LogP contribution in [0.1, 0.15) is 21.6 Å². The maximum atomic E-state index is 12.2. The number of nitrogens with one attached hydrogen (secondary N) is 1. The topological polar surface area (TPSA) is 43.3 Å². The largest absolute Gasteiger partial charge is 0.493 e. The summed E-state index contributed by atoms with van der Waals surface area (Å²) in [6.45, 7) is 1.29. The highest BCUT2D eigenvalue weighted by Gasteiger charge is 2.12. The van der Waals surface area contributed by atoms with Crippen molar-refractivity contribution < 1.29 is 9.53 Å². The van der Waals surface area contributed by atoms with Crippen LogP contribution in [-0.4, -0.2) is 17.1 Å². The summed E-state index contributed by atoms with van der Waals surface area (Å²) in [6.07, 6.45) is 2.85. The molecule has 0 radical (unpaired) electrons. The Balaban J connectivity index is 1.43. The van der Waals surface area contributed by atoms with Crippen LogP contribution in [0, 0.1) is 0 Å². The average Bonchev–Trinajstić information content (AvgIpc) is 3.28. The number of benzene rings is 2. The standard InChI is InChI=1S/C21H20N2O2/c1-23-11-2-3-19(23)21(24)22-14-15-4-6-16(7-5-15)17-8-9-20-18(13-17)10-12-25-20/h2-9,11,13H,10,12,14H2,1H3,(H,22,24). The Kier molecular flexibility index (Phi) is 4.02. The van der Waals surface area contributed by atoms with Crippen LogP contribution in [0.3, 0.4) is 0 Å². The van der Waals surface area contributed by atoms with Gasteiger partial charge in [0, 0.05) is 26.2 Å². The van der Waals surface area contributed by atoms with Crippen LogP contribution in [0.5, 0.6) is 5.75 Å². The van der Waals surface area contributed by atoms with Gasteiger partial charge in [-0.15, -0.1) is 0 Å². The molecule has 4 rings (SSSR count). The molecule has 1 N–H and O–H groups in total. The summed E-state index contributed by atoms with van der Waals surface area (Å²) in [5, 5.41) is 2.96. The van der Waals surface area contributed by atoms with Gasteiger partial charge in [-0.25, -0.2) is 0 Å². The summed E-state index contributed by atoms with van der Waals surface area (Å²) in [4.78, 5) is 12.2. The van der Waals surface area contributed by atoms with E-state index in [1.165, 1.54) is 16.7 Å². The molecule has 1 aliphatic heterocycles. The Bertz CT molecular complexity index is 910. The minimum absolute atomic E-state index is 0.0600.